The molecule has 3 aromatic carbocycles. The molecular weight excluding hydrogens is 403 g/mol. The van der Waals surface area contributed by atoms with Crippen LogP contribution < -0.4 is 16.0 Å². The molecule has 4 rings (SSSR count). The van der Waals surface area contributed by atoms with Crippen LogP contribution in [0.3, 0.4) is 0 Å². The van der Waals surface area contributed by atoms with E-state index in [1.165, 1.54) is 24.3 Å². The van der Waals surface area contributed by atoms with Gasteiger partial charge >= 0.3 is 6.03 Å². The molecule has 0 spiro atoms. The highest BCUT2D eigenvalue weighted by atomic mass is 32.1. The van der Waals surface area contributed by atoms with E-state index in [0.29, 0.717) is 21.9 Å². The number of hydrogen-bond donors (Lipinski definition) is 3. The summed E-state index contributed by atoms with van der Waals surface area (Å²) in [6.07, 6.45) is 0. The Labute approximate surface area is 175 Å². The number of carbonyl (C=O) groups is 2. The number of anilines is 3. The number of carbonyl (C=O) groups excluding carboxylic acids is 2. The van der Waals surface area contributed by atoms with Crippen LogP contribution in [0.5, 0.6) is 0 Å². The molecule has 3 amide bonds. The van der Waals surface area contributed by atoms with Gasteiger partial charge in [-0.2, -0.15) is 0 Å². The molecule has 3 N–H and O–H groups in total. The van der Waals surface area contributed by atoms with Crippen molar-refractivity contribution in [1.82, 2.24) is 4.98 Å². The Kier molecular flexibility index (Phi) is 5.40. The van der Waals surface area contributed by atoms with Gasteiger partial charge in [0.1, 0.15) is 10.7 Å². The summed E-state index contributed by atoms with van der Waals surface area (Å²) in [7, 11) is 0. The average Bonchev–Trinajstić information content (AvgIpc) is 3.10. The largest absolute Gasteiger partial charge is 0.325 e. The highest BCUT2D eigenvalue weighted by Crippen LogP contribution is 2.27. The van der Waals surface area contributed by atoms with Gasteiger partial charge in [0, 0.05) is 16.8 Å². The van der Waals surface area contributed by atoms with E-state index in [2.05, 4.69) is 20.9 Å². The number of halogens is 1. The van der Waals surface area contributed by atoms with Crippen molar-refractivity contribution in [1.29, 1.82) is 0 Å². The molecule has 30 heavy (non-hydrogen) atoms. The van der Waals surface area contributed by atoms with Gasteiger partial charge in [-0.05, 0) is 42.6 Å². The summed E-state index contributed by atoms with van der Waals surface area (Å²) in [5.41, 5.74) is 1.65. The molecule has 0 bridgehead atoms. The predicted molar refractivity (Wildman–Crippen MR) is 118 cm³/mol. The summed E-state index contributed by atoms with van der Waals surface area (Å²) in [6.45, 7) is 1.71. The summed E-state index contributed by atoms with van der Waals surface area (Å²) in [4.78, 5) is 29.6. The second kappa shape index (κ2) is 8.30. The molecule has 0 saturated carbocycles. The van der Waals surface area contributed by atoms with Crippen molar-refractivity contribution in [2.24, 2.45) is 0 Å². The standard InChI is InChI=1S/C22H17FN4O2S/c1-13-19(20(28)26-18-8-4-6-14-5-2-3-7-17(14)18)30-22(24-13)27-21(29)25-16-11-9-15(23)10-12-16/h2-12H,1H3,(H,26,28)(H2,24,25,27,29). The molecule has 0 unspecified atom stereocenters. The van der Waals surface area contributed by atoms with Crippen LogP contribution in [0.15, 0.2) is 66.7 Å². The van der Waals surface area contributed by atoms with Gasteiger partial charge in [0.25, 0.3) is 5.91 Å². The molecular formula is C22H17FN4O2S. The molecule has 150 valence electrons. The Hall–Kier alpha value is -3.78. The first-order chi connectivity index (χ1) is 14.5. The molecule has 0 aliphatic rings. The third-order valence-electron chi connectivity index (χ3n) is 4.36. The van der Waals surface area contributed by atoms with Crippen molar-refractivity contribution < 1.29 is 14.0 Å². The lowest BCUT2D eigenvalue weighted by Crippen LogP contribution is -2.19. The fraction of sp³-hybridized carbons (Fsp3) is 0.0455. The van der Waals surface area contributed by atoms with Gasteiger partial charge in [-0.1, -0.05) is 47.7 Å². The molecule has 0 aliphatic carbocycles. The van der Waals surface area contributed by atoms with Gasteiger partial charge in [0.2, 0.25) is 0 Å². The van der Waals surface area contributed by atoms with Gasteiger partial charge in [-0.3, -0.25) is 10.1 Å². The quantitative estimate of drug-likeness (QED) is 0.399. The Bertz CT molecular complexity index is 1230. The number of nitrogens with one attached hydrogen (secondary N) is 3. The minimum atomic E-state index is -0.531. The summed E-state index contributed by atoms with van der Waals surface area (Å²) >= 11 is 1.08. The minimum Gasteiger partial charge on any atom is -0.321 e. The van der Waals surface area contributed by atoms with Crippen LogP contribution in [0.4, 0.5) is 25.7 Å². The summed E-state index contributed by atoms with van der Waals surface area (Å²) in [5.74, 6) is -0.688. The Morgan fingerprint density at radius 1 is 0.900 bits per heavy atom. The SMILES string of the molecule is Cc1nc(NC(=O)Nc2ccc(F)cc2)sc1C(=O)Nc1cccc2ccccc12. The summed E-state index contributed by atoms with van der Waals surface area (Å²) in [6, 6.07) is 18.3. The van der Waals surface area contributed by atoms with Crippen molar-refractivity contribution in [2.45, 2.75) is 6.92 Å². The zero-order valence-electron chi connectivity index (χ0n) is 15.9. The number of rotatable bonds is 4. The second-order valence-electron chi connectivity index (χ2n) is 6.50. The molecule has 0 fully saturated rings. The van der Waals surface area contributed by atoms with Crippen molar-refractivity contribution in [3.63, 3.8) is 0 Å². The van der Waals surface area contributed by atoms with Gasteiger partial charge in [-0.25, -0.2) is 14.2 Å². The van der Waals surface area contributed by atoms with Crippen LogP contribution in [0.1, 0.15) is 15.4 Å². The molecule has 1 heterocycles. The third-order valence-corrected chi connectivity index (χ3v) is 5.43. The molecule has 8 heteroatoms. The maximum absolute atomic E-state index is 13.0. The van der Waals surface area contributed by atoms with E-state index in [1.807, 2.05) is 42.5 Å². The second-order valence-corrected chi connectivity index (χ2v) is 7.50. The number of benzene rings is 3. The van der Waals surface area contributed by atoms with Gasteiger partial charge in [-0.15, -0.1) is 0 Å². The number of nitrogens with zero attached hydrogens (tertiary/aromatic N) is 1. The smallest absolute Gasteiger partial charge is 0.321 e. The minimum absolute atomic E-state index is 0.287. The Balaban J connectivity index is 1.47. The van der Waals surface area contributed by atoms with Crippen LogP contribution in [0, 0.1) is 12.7 Å². The van der Waals surface area contributed by atoms with Crippen LogP contribution >= 0.6 is 11.3 Å². The van der Waals surface area contributed by atoms with Crippen molar-refractivity contribution >= 4 is 50.6 Å². The third kappa shape index (κ3) is 4.28. The molecule has 4 aromatic rings. The highest BCUT2D eigenvalue weighted by Gasteiger charge is 2.17. The fourth-order valence-electron chi connectivity index (χ4n) is 2.97. The molecule has 1 aromatic heterocycles. The molecule has 0 aliphatic heterocycles. The van der Waals surface area contributed by atoms with Crippen molar-refractivity contribution in [3.8, 4) is 0 Å². The van der Waals surface area contributed by atoms with Crippen molar-refractivity contribution in [3.05, 3.63) is 83.1 Å². The van der Waals surface area contributed by atoms with Crippen LogP contribution in [-0.2, 0) is 0 Å². The lowest BCUT2D eigenvalue weighted by Gasteiger charge is -2.08. The number of aryl methyl sites for hydroxylation is 1. The zero-order chi connectivity index (χ0) is 21.1. The molecule has 0 atom stereocenters. The van der Waals surface area contributed by atoms with Crippen LogP contribution in [-0.4, -0.2) is 16.9 Å². The number of thiazole rings is 1. The van der Waals surface area contributed by atoms with E-state index in [1.54, 1.807) is 6.92 Å². The van der Waals surface area contributed by atoms with E-state index in [4.69, 9.17) is 0 Å². The molecule has 0 radical (unpaired) electrons. The maximum Gasteiger partial charge on any atom is 0.325 e. The van der Waals surface area contributed by atoms with E-state index >= 15 is 0 Å². The zero-order valence-corrected chi connectivity index (χ0v) is 16.7. The number of urea groups is 1. The van der Waals surface area contributed by atoms with Gasteiger partial charge in [0.15, 0.2) is 5.13 Å². The normalized spacial score (nSPS) is 10.6. The number of aromatic nitrogens is 1. The van der Waals surface area contributed by atoms with Crippen molar-refractivity contribution in [2.75, 3.05) is 16.0 Å². The van der Waals surface area contributed by atoms with E-state index < -0.39 is 11.8 Å². The van der Waals surface area contributed by atoms with E-state index in [0.717, 1.165) is 22.1 Å². The number of amides is 3. The maximum atomic E-state index is 13.0. The van der Waals surface area contributed by atoms with E-state index in [-0.39, 0.29) is 11.0 Å². The molecule has 6 nitrogen and oxygen atoms in total. The first kappa shape index (κ1) is 19.5. The first-order valence-corrected chi connectivity index (χ1v) is 9.91. The number of hydrogen-bond acceptors (Lipinski definition) is 4. The van der Waals surface area contributed by atoms with Crippen LogP contribution in [0.2, 0.25) is 0 Å². The Morgan fingerprint density at radius 3 is 2.43 bits per heavy atom. The number of fused-ring (bicyclic) bond motifs is 1. The summed E-state index contributed by atoms with van der Waals surface area (Å²) in [5, 5.41) is 10.4. The van der Waals surface area contributed by atoms with E-state index in [9.17, 15) is 14.0 Å². The summed E-state index contributed by atoms with van der Waals surface area (Å²) < 4.78 is 13.0. The lowest BCUT2D eigenvalue weighted by molar-refractivity contribution is 0.103. The van der Waals surface area contributed by atoms with Gasteiger partial charge < -0.3 is 10.6 Å². The Morgan fingerprint density at radius 2 is 1.63 bits per heavy atom. The first-order valence-electron chi connectivity index (χ1n) is 9.10. The highest BCUT2D eigenvalue weighted by molar-refractivity contribution is 7.17. The van der Waals surface area contributed by atoms with Gasteiger partial charge in [0.05, 0.1) is 5.69 Å². The predicted octanol–water partition coefficient (Wildman–Crippen LogP) is 5.64. The topological polar surface area (TPSA) is 83.1 Å². The van der Waals surface area contributed by atoms with Crippen LogP contribution in [0.25, 0.3) is 10.8 Å². The molecule has 0 saturated heterocycles. The average molecular weight is 420 g/mol. The lowest BCUT2D eigenvalue weighted by atomic mass is 10.1. The fourth-order valence-corrected chi connectivity index (χ4v) is 3.82. The monoisotopic (exact) mass is 420 g/mol.